The lowest BCUT2D eigenvalue weighted by atomic mass is 9.43. The third-order valence-electron chi connectivity index (χ3n) is 10.5. The number of ketones is 2. The summed E-state index contributed by atoms with van der Waals surface area (Å²) < 4.78 is 0. The number of carbonyl (C=O) groups excluding carboxylic acids is 2. The van der Waals surface area contributed by atoms with Gasteiger partial charge in [0.2, 0.25) is 0 Å². The third-order valence-corrected chi connectivity index (χ3v) is 10.5. The molecule has 1 fully saturated rings. The molecule has 2 N–H and O–H groups in total. The molecule has 4 aliphatic rings. The van der Waals surface area contributed by atoms with E-state index in [-0.39, 0.29) is 34.6 Å². The zero-order valence-electron chi connectivity index (χ0n) is 24.6. The van der Waals surface area contributed by atoms with E-state index in [0.717, 1.165) is 29.5 Å². The number of benzene rings is 1. The summed E-state index contributed by atoms with van der Waals surface area (Å²) in [5.41, 5.74) is 2.98. The van der Waals surface area contributed by atoms with Crippen LogP contribution in [0, 0.1) is 34.0 Å². The van der Waals surface area contributed by atoms with Gasteiger partial charge in [0.05, 0.1) is 22.1 Å². The van der Waals surface area contributed by atoms with Crippen molar-refractivity contribution in [2.24, 2.45) is 22.2 Å². The average molecular weight is 527 g/mol. The molecule has 0 radical (unpaired) electrons. The number of hydrogen-bond donors (Lipinski definition) is 2. The molecule has 206 valence electrons. The van der Waals surface area contributed by atoms with E-state index in [0.29, 0.717) is 47.5 Å². The first-order valence-corrected chi connectivity index (χ1v) is 14.5. The van der Waals surface area contributed by atoms with Crippen LogP contribution in [0.15, 0.2) is 40.7 Å². The van der Waals surface area contributed by atoms with Crippen molar-refractivity contribution in [2.45, 2.75) is 99.3 Å². The molecule has 4 nitrogen and oxygen atoms in total. The predicted octanol–water partition coefficient (Wildman–Crippen LogP) is 7.90. The van der Waals surface area contributed by atoms with Crippen LogP contribution in [0.1, 0.15) is 120 Å². The standard InChI is InChI=1S/C35H42O4/c1-19(2)24-15-23(14-13-22-11-9-10-12-22)30(37)28-25(24)16-33(6)18-34(7)17-26(36)27(20(3)4)32(39)35(34,8)21(5)29(33)31(28)38/h15,19,22,36-37H,3,9-12,16-18H2,1-2,4-8H3/t33-,34+,35+/m1/s1. The largest absolute Gasteiger partial charge is 0.512 e. The summed E-state index contributed by atoms with van der Waals surface area (Å²) in [5.74, 6) is 6.80. The van der Waals surface area contributed by atoms with Crippen LogP contribution in [0.4, 0.5) is 0 Å². The summed E-state index contributed by atoms with van der Waals surface area (Å²) in [6.45, 7) is 18.0. The average Bonchev–Trinajstić information content (AvgIpc) is 3.34. The van der Waals surface area contributed by atoms with Crippen molar-refractivity contribution in [3.63, 3.8) is 0 Å². The number of hydrogen-bond acceptors (Lipinski definition) is 4. The monoisotopic (exact) mass is 526 g/mol. The Labute approximate surface area is 233 Å². The van der Waals surface area contributed by atoms with Gasteiger partial charge in [-0.1, -0.05) is 64.5 Å². The Morgan fingerprint density at radius 1 is 1.10 bits per heavy atom. The summed E-state index contributed by atoms with van der Waals surface area (Å²) in [4.78, 5) is 28.6. The highest BCUT2D eigenvalue weighted by Crippen LogP contribution is 2.66. The quantitative estimate of drug-likeness (QED) is 0.384. The van der Waals surface area contributed by atoms with E-state index < -0.39 is 16.2 Å². The minimum atomic E-state index is -0.966. The van der Waals surface area contributed by atoms with Gasteiger partial charge >= 0.3 is 0 Å². The number of aromatic hydroxyl groups is 1. The number of aliphatic hydroxyl groups excluding tert-OH is 1. The fraction of sp³-hybridized carbons (Fsp3) is 0.543. The zero-order chi connectivity index (χ0) is 28.7. The first-order valence-electron chi connectivity index (χ1n) is 14.5. The Hall–Kier alpha value is -3.06. The molecule has 0 spiro atoms. The molecular weight excluding hydrogens is 484 g/mol. The maximum Gasteiger partial charge on any atom is 0.193 e. The molecule has 0 heterocycles. The van der Waals surface area contributed by atoms with Crippen LogP contribution in [-0.2, 0) is 11.2 Å². The Morgan fingerprint density at radius 2 is 1.74 bits per heavy atom. The third kappa shape index (κ3) is 3.80. The van der Waals surface area contributed by atoms with Gasteiger partial charge < -0.3 is 10.2 Å². The van der Waals surface area contributed by atoms with Crippen molar-refractivity contribution in [1.82, 2.24) is 0 Å². The summed E-state index contributed by atoms with van der Waals surface area (Å²) in [5, 5.41) is 22.5. The summed E-state index contributed by atoms with van der Waals surface area (Å²) >= 11 is 0. The lowest BCUT2D eigenvalue weighted by molar-refractivity contribution is -0.133. The highest BCUT2D eigenvalue weighted by atomic mass is 16.3. The SMILES string of the molecule is C=C(C)C1=C(O)C[C@@]2(C)C[C@@]3(C)Cc4c(C(C)C)cc(C#CC5CCCC5)c(O)c4C(=O)C3=C(C)[C@@]2(C)C1=O. The first-order chi connectivity index (χ1) is 18.2. The van der Waals surface area contributed by atoms with Gasteiger partial charge in [0.25, 0.3) is 0 Å². The van der Waals surface area contributed by atoms with Gasteiger partial charge in [0, 0.05) is 23.3 Å². The zero-order valence-corrected chi connectivity index (χ0v) is 24.6. The minimum Gasteiger partial charge on any atom is -0.512 e. The van der Waals surface area contributed by atoms with E-state index in [9.17, 15) is 19.8 Å². The molecule has 0 amide bonds. The molecule has 0 bridgehead atoms. The Morgan fingerprint density at radius 3 is 2.33 bits per heavy atom. The molecule has 0 saturated heterocycles. The molecule has 4 aliphatic carbocycles. The van der Waals surface area contributed by atoms with Crippen molar-refractivity contribution in [2.75, 3.05) is 0 Å². The second-order valence-corrected chi connectivity index (χ2v) is 13.7. The predicted molar refractivity (Wildman–Crippen MR) is 155 cm³/mol. The molecular formula is C35H42O4. The van der Waals surface area contributed by atoms with Gasteiger partial charge in [-0.3, -0.25) is 9.59 Å². The maximum atomic E-state index is 14.5. The van der Waals surface area contributed by atoms with Gasteiger partial charge in [-0.05, 0) is 80.6 Å². The fourth-order valence-corrected chi connectivity index (χ4v) is 8.38. The van der Waals surface area contributed by atoms with Crippen LogP contribution in [-0.4, -0.2) is 21.8 Å². The number of carbonyl (C=O) groups is 2. The first kappa shape index (κ1) is 27.5. The number of Topliss-reactive ketones (excluding diaryl/α,β-unsaturated/α-hetero) is 2. The van der Waals surface area contributed by atoms with Crippen molar-refractivity contribution < 1.29 is 19.8 Å². The Kier molecular flexibility index (Phi) is 6.33. The van der Waals surface area contributed by atoms with Gasteiger partial charge in [-0.25, -0.2) is 0 Å². The van der Waals surface area contributed by atoms with Crippen LogP contribution < -0.4 is 0 Å². The van der Waals surface area contributed by atoms with E-state index >= 15 is 0 Å². The van der Waals surface area contributed by atoms with Crippen molar-refractivity contribution in [3.8, 4) is 17.6 Å². The van der Waals surface area contributed by atoms with Crippen molar-refractivity contribution in [3.05, 3.63) is 63.0 Å². The summed E-state index contributed by atoms with van der Waals surface area (Å²) in [6.07, 6.45) is 6.07. The highest BCUT2D eigenvalue weighted by molar-refractivity contribution is 6.16. The topological polar surface area (TPSA) is 74.6 Å². The fourth-order valence-electron chi connectivity index (χ4n) is 8.38. The normalized spacial score (nSPS) is 30.7. The molecule has 0 unspecified atom stereocenters. The Balaban J connectivity index is 1.74. The molecule has 3 atom stereocenters. The second kappa shape index (κ2) is 8.98. The van der Waals surface area contributed by atoms with Crippen LogP contribution in [0.2, 0.25) is 0 Å². The Bertz CT molecular complexity index is 1450. The van der Waals surface area contributed by atoms with E-state index in [1.807, 2.05) is 19.9 Å². The number of rotatable bonds is 2. The molecule has 1 aromatic carbocycles. The van der Waals surface area contributed by atoms with Crippen LogP contribution in [0.3, 0.4) is 0 Å². The van der Waals surface area contributed by atoms with Gasteiger partial charge in [0.1, 0.15) is 11.5 Å². The van der Waals surface area contributed by atoms with E-state index in [4.69, 9.17) is 0 Å². The van der Waals surface area contributed by atoms with Crippen LogP contribution >= 0.6 is 0 Å². The number of phenolic OH excluding ortho intramolecular Hbond substituents is 1. The van der Waals surface area contributed by atoms with Gasteiger partial charge in [0.15, 0.2) is 11.6 Å². The van der Waals surface area contributed by atoms with Crippen molar-refractivity contribution in [1.29, 1.82) is 0 Å². The highest BCUT2D eigenvalue weighted by Gasteiger charge is 2.63. The summed E-state index contributed by atoms with van der Waals surface area (Å²) in [7, 11) is 0. The van der Waals surface area contributed by atoms with Crippen LogP contribution in [0.25, 0.3) is 0 Å². The molecule has 1 saturated carbocycles. The lowest BCUT2D eigenvalue weighted by Crippen LogP contribution is -2.57. The molecule has 5 rings (SSSR count). The van der Waals surface area contributed by atoms with Crippen LogP contribution in [0.5, 0.6) is 5.75 Å². The second-order valence-electron chi connectivity index (χ2n) is 13.7. The molecule has 39 heavy (non-hydrogen) atoms. The molecule has 0 aliphatic heterocycles. The number of fused-ring (bicyclic) bond motifs is 3. The maximum absolute atomic E-state index is 14.5. The van der Waals surface area contributed by atoms with Gasteiger partial charge in [-0.2, -0.15) is 0 Å². The van der Waals surface area contributed by atoms with E-state index in [1.165, 1.54) is 12.8 Å². The van der Waals surface area contributed by atoms with E-state index in [2.05, 4.69) is 46.1 Å². The van der Waals surface area contributed by atoms with Crippen molar-refractivity contribution >= 4 is 11.6 Å². The number of phenols is 1. The van der Waals surface area contributed by atoms with Gasteiger partial charge in [-0.15, -0.1) is 0 Å². The number of aliphatic hydroxyl groups is 1. The smallest absolute Gasteiger partial charge is 0.193 e. The lowest BCUT2D eigenvalue weighted by Gasteiger charge is -2.59. The molecule has 0 aromatic heterocycles. The molecule has 4 heteroatoms. The minimum absolute atomic E-state index is 0.0270. The summed E-state index contributed by atoms with van der Waals surface area (Å²) in [6, 6.07) is 1.99. The molecule has 1 aromatic rings. The van der Waals surface area contributed by atoms with E-state index in [1.54, 1.807) is 6.92 Å². The number of allylic oxidation sites excluding steroid dienone is 5.